The number of nitrogens with two attached hydrogens (primary N) is 1. The molecule has 0 atom stereocenters. The van der Waals surface area contributed by atoms with Crippen molar-refractivity contribution in [1.29, 1.82) is 0 Å². The third-order valence-corrected chi connectivity index (χ3v) is 3.92. The van der Waals surface area contributed by atoms with E-state index < -0.39 is 0 Å². The van der Waals surface area contributed by atoms with Gasteiger partial charge in [-0.15, -0.1) is 0 Å². The summed E-state index contributed by atoms with van der Waals surface area (Å²) in [5, 5.41) is 4.52. The van der Waals surface area contributed by atoms with E-state index in [1.54, 1.807) is 25.3 Å². The summed E-state index contributed by atoms with van der Waals surface area (Å²) < 4.78 is 10.8. The Morgan fingerprint density at radius 2 is 2.21 bits per heavy atom. The van der Waals surface area contributed by atoms with Crippen molar-refractivity contribution in [2.75, 3.05) is 12.8 Å². The number of hydrogen-bond acceptors (Lipinski definition) is 5. The third-order valence-electron chi connectivity index (χ3n) is 3.61. The van der Waals surface area contributed by atoms with Crippen molar-refractivity contribution in [3.05, 3.63) is 29.0 Å². The van der Waals surface area contributed by atoms with Crippen molar-refractivity contribution in [1.82, 2.24) is 10.1 Å². The summed E-state index contributed by atoms with van der Waals surface area (Å²) in [6.07, 6.45) is 2.94. The number of nitrogen functional groups attached to an aromatic ring is 1. The number of rotatable bonds is 3. The quantitative estimate of drug-likeness (QED) is 0.874. The van der Waals surface area contributed by atoms with Gasteiger partial charge >= 0.3 is 0 Å². The molecular weight excluding hydrogens is 266 g/mol. The van der Waals surface area contributed by atoms with E-state index in [4.69, 9.17) is 26.6 Å². The molecule has 2 aromatic rings. The van der Waals surface area contributed by atoms with Crippen LogP contribution in [0.4, 0.5) is 5.69 Å². The van der Waals surface area contributed by atoms with Crippen LogP contribution in [0.25, 0.3) is 11.5 Å². The molecule has 1 fully saturated rings. The first-order chi connectivity index (χ1) is 9.14. The SMILES string of the molecule is COC1(c2noc(-c3ccc(N)cc3Cl)n2)CCC1. The zero-order valence-electron chi connectivity index (χ0n) is 10.5. The van der Waals surface area contributed by atoms with Crippen LogP contribution in [0, 0.1) is 0 Å². The average molecular weight is 280 g/mol. The molecule has 2 N–H and O–H groups in total. The van der Waals surface area contributed by atoms with Crippen LogP contribution in [0.1, 0.15) is 25.1 Å². The molecule has 1 aromatic heterocycles. The molecule has 1 aromatic carbocycles. The topological polar surface area (TPSA) is 74.2 Å². The van der Waals surface area contributed by atoms with Crippen molar-refractivity contribution in [2.24, 2.45) is 0 Å². The lowest BCUT2D eigenvalue weighted by atomic mass is 9.79. The molecule has 0 unspecified atom stereocenters. The predicted molar refractivity (Wildman–Crippen MR) is 71.7 cm³/mol. The Morgan fingerprint density at radius 1 is 1.42 bits per heavy atom. The van der Waals surface area contributed by atoms with Crippen LogP contribution < -0.4 is 5.73 Å². The molecular formula is C13H14ClN3O2. The molecule has 19 heavy (non-hydrogen) atoms. The second kappa shape index (κ2) is 4.51. The van der Waals surface area contributed by atoms with Crippen LogP contribution in [0.3, 0.4) is 0 Å². The highest BCUT2D eigenvalue weighted by molar-refractivity contribution is 6.33. The van der Waals surface area contributed by atoms with Gasteiger partial charge in [0.15, 0.2) is 0 Å². The molecule has 0 saturated heterocycles. The number of benzene rings is 1. The lowest BCUT2D eigenvalue weighted by Crippen LogP contribution is -2.37. The number of hydrogen-bond donors (Lipinski definition) is 1. The van der Waals surface area contributed by atoms with Gasteiger partial charge in [-0.2, -0.15) is 4.98 Å². The molecule has 0 bridgehead atoms. The van der Waals surface area contributed by atoms with Gasteiger partial charge in [0.2, 0.25) is 5.82 Å². The van der Waals surface area contributed by atoms with E-state index in [1.807, 2.05) is 0 Å². The fourth-order valence-corrected chi connectivity index (χ4v) is 2.51. The van der Waals surface area contributed by atoms with Crippen LogP contribution in [0.15, 0.2) is 22.7 Å². The minimum Gasteiger partial charge on any atom is -0.399 e. The normalized spacial score (nSPS) is 17.2. The number of ether oxygens (including phenoxy) is 1. The molecule has 5 nitrogen and oxygen atoms in total. The predicted octanol–water partition coefficient (Wildman–Crippen LogP) is 3.00. The van der Waals surface area contributed by atoms with Gasteiger partial charge in [-0.05, 0) is 37.5 Å². The number of methoxy groups -OCH3 is 1. The highest BCUT2D eigenvalue weighted by Crippen LogP contribution is 2.43. The first kappa shape index (κ1) is 12.4. The van der Waals surface area contributed by atoms with E-state index in [1.165, 1.54) is 0 Å². The summed E-state index contributed by atoms with van der Waals surface area (Å²) in [7, 11) is 1.67. The standard InChI is InChI=1S/C13H14ClN3O2/c1-18-13(5-2-6-13)12-16-11(19-17-12)9-4-3-8(15)7-10(9)14/h3-4,7H,2,5-6,15H2,1H3. The van der Waals surface area contributed by atoms with Crippen molar-refractivity contribution in [2.45, 2.75) is 24.9 Å². The molecule has 3 rings (SSSR count). The third kappa shape index (κ3) is 1.99. The zero-order valence-corrected chi connectivity index (χ0v) is 11.3. The Labute approximate surface area is 115 Å². The Hall–Kier alpha value is -1.59. The van der Waals surface area contributed by atoms with E-state index in [2.05, 4.69) is 10.1 Å². The number of halogens is 1. The van der Waals surface area contributed by atoms with E-state index >= 15 is 0 Å². The van der Waals surface area contributed by atoms with E-state index in [0.29, 0.717) is 28.0 Å². The Bertz CT molecular complexity index is 602. The average Bonchev–Trinajstić information content (AvgIpc) is 2.78. The number of aromatic nitrogens is 2. The maximum absolute atomic E-state index is 6.13. The van der Waals surface area contributed by atoms with Gasteiger partial charge in [-0.3, -0.25) is 0 Å². The Balaban J connectivity index is 1.97. The summed E-state index contributed by atoms with van der Waals surface area (Å²) in [6, 6.07) is 5.19. The zero-order chi connectivity index (χ0) is 13.5. The molecule has 100 valence electrons. The molecule has 0 amide bonds. The van der Waals surface area contributed by atoms with E-state index in [-0.39, 0.29) is 5.60 Å². The number of nitrogens with zero attached hydrogens (tertiary/aromatic N) is 2. The second-order valence-electron chi connectivity index (χ2n) is 4.71. The monoisotopic (exact) mass is 279 g/mol. The summed E-state index contributed by atoms with van der Waals surface area (Å²) in [5.74, 6) is 0.979. The van der Waals surface area contributed by atoms with Crippen LogP contribution in [-0.2, 0) is 10.3 Å². The summed E-state index contributed by atoms with van der Waals surface area (Å²) in [5.41, 5.74) is 6.55. The second-order valence-corrected chi connectivity index (χ2v) is 5.12. The first-order valence-electron chi connectivity index (χ1n) is 6.09. The van der Waals surface area contributed by atoms with Crippen LogP contribution in [0.2, 0.25) is 5.02 Å². The lowest BCUT2D eigenvalue weighted by Gasteiger charge is -2.37. The molecule has 1 saturated carbocycles. The molecule has 1 aliphatic rings. The van der Waals surface area contributed by atoms with Gasteiger partial charge in [0.25, 0.3) is 5.89 Å². The van der Waals surface area contributed by atoms with Crippen molar-refractivity contribution in [3.63, 3.8) is 0 Å². The smallest absolute Gasteiger partial charge is 0.259 e. The Morgan fingerprint density at radius 3 is 2.79 bits per heavy atom. The van der Waals surface area contributed by atoms with Crippen LogP contribution >= 0.6 is 11.6 Å². The summed E-state index contributed by atoms with van der Waals surface area (Å²) in [6.45, 7) is 0. The number of anilines is 1. The highest BCUT2D eigenvalue weighted by atomic mass is 35.5. The fourth-order valence-electron chi connectivity index (χ4n) is 2.24. The largest absolute Gasteiger partial charge is 0.399 e. The van der Waals surface area contributed by atoms with Gasteiger partial charge in [-0.25, -0.2) is 0 Å². The van der Waals surface area contributed by atoms with Gasteiger partial charge in [-0.1, -0.05) is 16.8 Å². The van der Waals surface area contributed by atoms with Gasteiger partial charge in [0.1, 0.15) is 5.60 Å². The molecule has 1 aliphatic carbocycles. The van der Waals surface area contributed by atoms with Crippen molar-refractivity contribution < 1.29 is 9.26 Å². The van der Waals surface area contributed by atoms with Crippen molar-refractivity contribution >= 4 is 17.3 Å². The maximum Gasteiger partial charge on any atom is 0.259 e. The molecule has 6 heteroatoms. The molecule has 0 radical (unpaired) electrons. The van der Waals surface area contributed by atoms with Crippen molar-refractivity contribution in [3.8, 4) is 11.5 Å². The summed E-state index contributed by atoms with van der Waals surface area (Å²) >= 11 is 6.13. The highest BCUT2D eigenvalue weighted by Gasteiger charge is 2.43. The summed E-state index contributed by atoms with van der Waals surface area (Å²) in [4.78, 5) is 4.41. The van der Waals surface area contributed by atoms with E-state index in [0.717, 1.165) is 19.3 Å². The van der Waals surface area contributed by atoms with Gasteiger partial charge in [0, 0.05) is 12.8 Å². The molecule has 0 aliphatic heterocycles. The van der Waals surface area contributed by atoms with Crippen LogP contribution in [0.5, 0.6) is 0 Å². The molecule has 1 heterocycles. The van der Waals surface area contributed by atoms with Gasteiger partial charge in [0.05, 0.1) is 10.6 Å². The van der Waals surface area contributed by atoms with Gasteiger partial charge < -0.3 is 15.0 Å². The molecule has 0 spiro atoms. The fraction of sp³-hybridized carbons (Fsp3) is 0.385. The van der Waals surface area contributed by atoms with Crippen LogP contribution in [-0.4, -0.2) is 17.3 Å². The Kier molecular flexibility index (Phi) is 2.95. The first-order valence-corrected chi connectivity index (χ1v) is 6.47. The van der Waals surface area contributed by atoms with E-state index in [9.17, 15) is 0 Å². The minimum absolute atomic E-state index is 0.387. The lowest BCUT2D eigenvalue weighted by molar-refractivity contribution is -0.0858. The maximum atomic E-state index is 6.13. The minimum atomic E-state index is -0.387.